The number of aromatic nitrogens is 2. The fourth-order valence-corrected chi connectivity index (χ4v) is 2.28. The van der Waals surface area contributed by atoms with Crippen LogP contribution in [0.4, 0.5) is 0 Å². The summed E-state index contributed by atoms with van der Waals surface area (Å²) in [6, 6.07) is 6.53. The maximum Gasteiger partial charge on any atom is 0.335 e. The Balaban J connectivity index is 2.23. The standard InChI is InChI=1S/C15H17ClN2O3/c1-2-3-4-12-17-13(16)14(19)18(12)9-10-5-7-11(8-6-10)15(20)21/h5-8,19H,2-4,9H2,1H3,(H,20,21). The number of hydrogen-bond donors (Lipinski definition) is 2. The smallest absolute Gasteiger partial charge is 0.335 e. The van der Waals surface area contributed by atoms with Crippen molar-refractivity contribution < 1.29 is 15.0 Å². The quantitative estimate of drug-likeness (QED) is 0.858. The van der Waals surface area contributed by atoms with Crippen LogP contribution in [0.1, 0.15) is 41.5 Å². The number of imidazole rings is 1. The summed E-state index contributed by atoms with van der Waals surface area (Å²) < 4.78 is 1.66. The summed E-state index contributed by atoms with van der Waals surface area (Å²) in [5.74, 6) is -0.273. The van der Waals surface area contributed by atoms with Crippen LogP contribution >= 0.6 is 11.6 Å². The van der Waals surface area contributed by atoms with E-state index in [-0.39, 0.29) is 16.6 Å². The molecule has 0 spiro atoms. The van der Waals surface area contributed by atoms with Gasteiger partial charge in [0.2, 0.25) is 5.88 Å². The summed E-state index contributed by atoms with van der Waals surface area (Å²) >= 11 is 5.89. The van der Waals surface area contributed by atoms with Crippen molar-refractivity contribution >= 4 is 17.6 Å². The minimum Gasteiger partial charge on any atom is -0.492 e. The van der Waals surface area contributed by atoms with Gasteiger partial charge in [0.1, 0.15) is 5.82 Å². The highest BCUT2D eigenvalue weighted by Crippen LogP contribution is 2.26. The molecule has 0 fully saturated rings. The molecule has 0 amide bonds. The van der Waals surface area contributed by atoms with Crippen LogP contribution in [-0.2, 0) is 13.0 Å². The second-order valence-electron chi connectivity index (χ2n) is 4.83. The zero-order chi connectivity index (χ0) is 15.4. The van der Waals surface area contributed by atoms with Gasteiger partial charge in [-0.25, -0.2) is 9.78 Å². The highest BCUT2D eigenvalue weighted by Gasteiger charge is 2.15. The van der Waals surface area contributed by atoms with Crippen LogP contribution in [0.25, 0.3) is 0 Å². The SMILES string of the molecule is CCCCc1nc(Cl)c(O)n1Cc1ccc(C(=O)O)cc1. The number of aromatic carboxylic acids is 1. The lowest BCUT2D eigenvalue weighted by atomic mass is 10.1. The maximum atomic E-state index is 10.8. The van der Waals surface area contributed by atoms with E-state index in [0.29, 0.717) is 6.54 Å². The third-order valence-corrected chi connectivity index (χ3v) is 3.53. The monoisotopic (exact) mass is 308 g/mol. The van der Waals surface area contributed by atoms with Gasteiger partial charge in [0, 0.05) is 6.42 Å². The Morgan fingerprint density at radius 2 is 2.00 bits per heavy atom. The molecule has 5 nitrogen and oxygen atoms in total. The Kier molecular flexibility index (Phi) is 4.85. The first-order valence-electron chi connectivity index (χ1n) is 6.79. The number of nitrogens with zero attached hydrogens (tertiary/aromatic N) is 2. The highest BCUT2D eigenvalue weighted by atomic mass is 35.5. The Labute approximate surface area is 127 Å². The third kappa shape index (κ3) is 3.55. The van der Waals surface area contributed by atoms with Gasteiger partial charge >= 0.3 is 5.97 Å². The largest absolute Gasteiger partial charge is 0.492 e. The van der Waals surface area contributed by atoms with Gasteiger partial charge in [0.15, 0.2) is 5.15 Å². The van der Waals surface area contributed by atoms with Crippen molar-refractivity contribution in [1.82, 2.24) is 9.55 Å². The molecule has 0 unspecified atom stereocenters. The molecule has 2 N–H and O–H groups in total. The molecule has 0 aliphatic heterocycles. The van der Waals surface area contributed by atoms with Crippen LogP contribution in [-0.4, -0.2) is 25.7 Å². The number of benzene rings is 1. The van der Waals surface area contributed by atoms with Crippen molar-refractivity contribution in [2.45, 2.75) is 32.7 Å². The van der Waals surface area contributed by atoms with Crippen molar-refractivity contribution in [2.75, 3.05) is 0 Å². The summed E-state index contributed by atoms with van der Waals surface area (Å²) in [6.45, 7) is 2.49. The number of carboxylic acids is 1. The Morgan fingerprint density at radius 1 is 1.33 bits per heavy atom. The first-order chi connectivity index (χ1) is 10.0. The molecule has 6 heteroatoms. The van der Waals surface area contributed by atoms with Crippen molar-refractivity contribution in [1.29, 1.82) is 0 Å². The van der Waals surface area contributed by atoms with Gasteiger partial charge in [-0.05, 0) is 24.1 Å². The van der Waals surface area contributed by atoms with Gasteiger partial charge in [-0.2, -0.15) is 0 Å². The number of rotatable bonds is 6. The van der Waals surface area contributed by atoms with E-state index in [9.17, 15) is 9.90 Å². The van der Waals surface area contributed by atoms with E-state index in [1.54, 1.807) is 28.8 Å². The number of unbranched alkanes of at least 4 members (excludes halogenated alkanes) is 1. The number of halogens is 1. The molecule has 0 aliphatic rings. The molecular weight excluding hydrogens is 292 g/mol. The molecular formula is C15H17ClN2O3. The summed E-state index contributed by atoms with van der Waals surface area (Å²) in [5, 5.41) is 19.0. The molecule has 21 heavy (non-hydrogen) atoms. The second-order valence-corrected chi connectivity index (χ2v) is 5.19. The third-order valence-electron chi connectivity index (χ3n) is 3.27. The van der Waals surface area contributed by atoms with E-state index in [2.05, 4.69) is 11.9 Å². The predicted octanol–water partition coefficient (Wildman–Crippen LogP) is 3.33. The average molecular weight is 309 g/mol. The Morgan fingerprint density at radius 3 is 2.57 bits per heavy atom. The molecule has 2 aromatic rings. The van der Waals surface area contributed by atoms with E-state index in [1.165, 1.54) is 0 Å². The van der Waals surface area contributed by atoms with Crippen LogP contribution in [0.2, 0.25) is 5.15 Å². The lowest BCUT2D eigenvalue weighted by Gasteiger charge is -2.09. The average Bonchev–Trinajstić information content (AvgIpc) is 2.73. The van der Waals surface area contributed by atoms with Crippen molar-refractivity contribution in [3.8, 4) is 5.88 Å². The number of aryl methyl sites for hydroxylation is 1. The van der Waals surface area contributed by atoms with Crippen LogP contribution < -0.4 is 0 Å². The van der Waals surface area contributed by atoms with Gasteiger partial charge in [-0.15, -0.1) is 0 Å². The highest BCUT2D eigenvalue weighted by molar-refractivity contribution is 6.30. The van der Waals surface area contributed by atoms with E-state index in [4.69, 9.17) is 16.7 Å². The Bertz CT molecular complexity index is 635. The van der Waals surface area contributed by atoms with E-state index >= 15 is 0 Å². The topological polar surface area (TPSA) is 75.4 Å². The van der Waals surface area contributed by atoms with Gasteiger partial charge in [-0.3, -0.25) is 4.57 Å². The molecule has 1 aromatic heterocycles. The first-order valence-corrected chi connectivity index (χ1v) is 7.16. The fraction of sp³-hybridized carbons (Fsp3) is 0.333. The fourth-order valence-electron chi connectivity index (χ4n) is 2.08. The lowest BCUT2D eigenvalue weighted by molar-refractivity contribution is 0.0697. The van der Waals surface area contributed by atoms with Crippen LogP contribution in [0, 0.1) is 0 Å². The molecule has 1 heterocycles. The lowest BCUT2D eigenvalue weighted by Crippen LogP contribution is -2.05. The molecule has 0 bridgehead atoms. The molecule has 0 saturated carbocycles. The van der Waals surface area contributed by atoms with E-state index < -0.39 is 5.97 Å². The summed E-state index contributed by atoms with van der Waals surface area (Å²) in [6.07, 6.45) is 2.73. The van der Waals surface area contributed by atoms with Crippen molar-refractivity contribution in [3.05, 3.63) is 46.4 Å². The van der Waals surface area contributed by atoms with Crippen molar-refractivity contribution in [3.63, 3.8) is 0 Å². The molecule has 0 saturated heterocycles. The molecule has 112 valence electrons. The van der Waals surface area contributed by atoms with Crippen LogP contribution in [0.5, 0.6) is 5.88 Å². The summed E-state index contributed by atoms with van der Waals surface area (Å²) in [5.41, 5.74) is 1.11. The zero-order valence-corrected chi connectivity index (χ0v) is 12.5. The molecule has 0 radical (unpaired) electrons. The van der Waals surface area contributed by atoms with Gasteiger partial charge in [0.05, 0.1) is 12.1 Å². The summed E-state index contributed by atoms with van der Waals surface area (Å²) in [4.78, 5) is 15.0. The molecule has 0 aliphatic carbocycles. The second kappa shape index (κ2) is 6.63. The molecule has 0 atom stereocenters. The van der Waals surface area contributed by atoms with Gasteiger partial charge < -0.3 is 10.2 Å². The molecule has 1 aromatic carbocycles. The van der Waals surface area contributed by atoms with Gasteiger partial charge in [0.25, 0.3) is 0 Å². The first kappa shape index (κ1) is 15.4. The Hall–Kier alpha value is -2.01. The minimum atomic E-state index is -0.960. The number of carboxylic acid groups (broad SMARTS) is 1. The zero-order valence-electron chi connectivity index (χ0n) is 11.7. The van der Waals surface area contributed by atoms with Crippen molar-refractivity contribution in [2.24, 2.45) is 0 Å². The number of hydrogen-bond acceptors (Lipinski definition) is 3. The minimum absolute atomic E-state index is 0.0509. The number of carbonyl (C=O) groups is 1. The number of aromatic hydroxyl groups is 1. The normalized spacial score (nSPS) is 10.8. The van der Waals surface area contributed by atoms with Crippen LogP contribution in [0.3, 0.4) is 0 Å². The molecule has 2 rings (SSSR count). The van der Waals surface area contributed by atoms with E-state index in [0.717, 1.165) is 30.7 Å². The predicted molar refractivity (Wildman–Crippen MR) is 80.0 cm³/mol. The van der Waals surface area contributed by atoms with Gasteiger partial charge in [-0.1, -0.05) is 37.1 Å². The van der Waals surface area contributed by atoms with Crippen LogP contribution in [0.15, 0.2) is 24.3 Å². The van der Waals surface area contributed by atoms with E-state index in [1.807, 2.05) is 0 Å². The maximum absolute atomic E-state index is 10.8. The summed E-state index contributed by atoms with van der Waals surface area (Å²) in [7, 11) is 0.